The molecule has 0 aromatic heterocycles. The van der Waals surface area contributed by atoms with Crippen LogP contribution < -0.4 is 0 Å². The lowest BCUT2D eigenvalue weighted by Gasteiger charge is -2.42. The minimum absolute atomic E-state index is 0.182. The Morgan fingerprint density at radius 1 is 0.723 bits per heavy atom. The molecule has 0 radical (unpaired) electrons. The van der Waals surface area contributed by atoms with Crippen molar-refractivity contribution in [1.82, 2.24) is 19.6 Å². The van der Waals surface area contributed by atoms with E-state index in [4.69, 9.17) is 9.47 Å². The van der Waals surface area contributed by atoms with Crippen molar-refractivity contribution in [2.45, 2.75) is 118 Å². The van der Waals surface area contributed by atoms with Crippen molar-refractivity contribution in [3.63, 3.8) is 0 Å². The molecule has 0 saturated carbocycles. The summed E-state index contributed by atoms with van der Waals surface area (Å²) < 4.78 is 10.9. The van der Waals surface area contributed by atoms with E-state index in [9.17, 15) is 19.2 Å². The van der Waals surface area contributed by atoms with Crippen LogP contribution in [0.3, 0.4) is 0 Å². The van der Waals surface area contributed by atoms with Crippen molar-refractivity contribution in [3.8, 4) is 0 Å². The van der Waals surface area contributed by atoms with Crippen LogP contribution in [0.4, 0.5) is 9.59 Å². The van der Waals surface area contributed by atoms with Crippen LogP contribution in [0.25, 0.3) is 0 Å². The summed E-state index contributed by atoms with van der Waals surface area (Å²) in [6, 6.07) is 18.7. The van der Waals surface area contributed by atoms with Gasteiger partial charge in [-0.2, -0.15) is 0 Å². The topological polar surface area (TPSA) is 99.7 Å². The number of piperazine rings is 2. The van der Waals surface area contributed by atoms with Gasteiger partial charge in [0.2, 0.25) is 5.91 Å². The van der Waals surface area contributed by atoms with E-state index in [1.807, 2.05) is 62.1 Å². The van der Waals surface area contributed by atoms with Gasteiger partial charge in [0.25, 0.3) is 5.91 Å². The number of carbonyl (C=O) groups excluding carboxylic acids is 4. The molecule has 2 aromatic rings. The lowest BCUT2D eigenvalue weighted by Crippen LogP contribution is -2.65. The molecule has 4 amide bonds. The maximum Gasteiger partial charge on any atom is 0.417 e. The quantitative estimate of drug-likeness (QED) is 0.353. The third-order valence-electron chi connectivity index (χ3n) is 8.03. The van der Waals surface area contributed by atoms with E-state index in [1.165, 1.54) is 10.5 Å². The average molecular weight is 651 g/mol. The summed E-state index contributed by atoms with van der Waals surface area (Å²) in [6.45, 7) is 20.3. The molecule has 4 rings (SSSR count). The maximum atomic E-state index is 12.9. The van der Waals surface area contributed by atoms with Gasteiger partial charge in [-0.15, -0.1) is 0 Å². The van der Waals surface area contributed by atoms with Gasteiger partial charge in [0, 0.05) is 38.8 Å². The van der Waals surface area contributed by atoms with Crippen LogP contribution in [0, 0.1) is 0 Å². The van der Waals surface area contributed by atoms with Crippen LogP contribution in [0.15, 0.2) is 60.7 Å². The van der Waals surface area contributed by atoms with Gasteiger partial charge in [-0.1, -0.05) is 74.5 Å². The Balaban J connectivity index is 0.000000257. The lowest BCUT2D eigenvalue weighted by atomic mass is 10.0. The van der Waals surface area contributed by atoms with Crippen molar-refractivity contribution < 1.29 is 28.7 Å². The monoisotopic (exact) mass is 650 g/mol. The summed E-state index contributed by atoms with van der Waals surface area (Å²) in [7, 11) is 0. The summed E-state index contributed by atoms with van der Waals surface area (Å²) in [4.78, 5) is 57.4. The first-order valence-corrected chi connectivity index (χ1v) is 16.7. The summed E-state index contributed by atoms with van der Waals surface area (Å²) in [5.74, 6) is -0.638. The molecule has 0 unspecified atom stereocenters. The first kappa shape index (κ1) is 37.5. The number of nitrogens with zero attached hydrogens (tertiary/aromatic N) is 4. The highest BCUT2D eigenvalue weighted by Crippen LogP contribution is 2.25. The van der Waals surface area contributed by atoms with Crippen LogP contribution in [0.2, 0.25) is 0 Å². The minimum Gasteiger partial charge on any atom is -0.444 e. The maximum absolute atomic E-state index is 12.9. The van der Waals surface area contributed by atoms with Crippen molar-refractivity contribution >= 4 is 24.0 Å². The molecule has 2 aliphatic rings. The number of benzene rings is 2. The summed E-state index contributed by atoms with van der Waals surface area (Å²) in [5.41, 5.74) is 1.10. The van der Waals surface area contributed by atoms with Crippen LogP contribution in [0.5, 0.6) is 0 Å². The fourth-order valence-electron chi connectivity index (χ4n) is 5.68. The van der Waals surface area contributed by atoms with Gasteiger partial charge in [0.15, 0.2) is 0 Å². The van der Waals surface area contributed by atoms with Gasteiger partial charge in [-0.05, 0) is 72.4 Å². The number of carbonyl (C=O) groups is 4. The molecule has 0 N–H and O–H groups in total. The van der Waals surface area contributed by atoms with Crippen LogP contribution >= 0.6 is 0 Å². The molecule has 2 saturated heterocycles. The summed E-state index contributed by atoms with van der Waals surface area (Å²) >= 11 is 0. The molecule has 0 spiro atoms. The van der Waals surface area contributed by atoms with Gasteiger partial charge >= 0.3 is 12.2 Å². The number of hydrogen-bond acceptors (Lipinski definition) is 7. The Bertz CT molecular complexity index is 1340. The van der Waals surface area contributed by atoms with Crippen molar-refractivity contribution in [2.75, 3.05) is 19.6 Å². The molecule has 258 valence electrons. The molecule has 10 nitrogen and oxygen atoms in total. The molecular formula is C37H54N4O6. The second kappa shape index (κ2) is 16.3. The molecule has 2 fully saturated rings. The van der Waals surface area contributed by atoms with Gasteiger partial charge in [0.1, 0.15) is 23.3 Å². The summed E-state index contributed by atoms with van der Waals surface area (Å²) in [5, 5.41) is 0. The molecule has 0 aliphatic carbocycles. The number of rotatable bonds is 6. The lowest BCUT2D eigenvalue weighted by molar-refractivity contribution is -0.160. The zero-order valence-corrected chi connectivity index (χ0v) is 29.7. The van der Waals surface area contributed by atoms with Gasteiger partial charge in [-0.25, -0.2) is 14.5 Å². The predicted octanol–water partition coefficient (Wildman–Crippen LogP) is 6.48. The first-order chi connectivity index (χ1) is 22.0. The molecule has 10 heteroatoms. The smallest absolute Gasteiger partial charge is 0.417 e. The molecular weight excluding hydrogens is 596 g/mol. The van der Waals surface area contributed by atoms with Gasteiger partial charge < -0.3 is 19.3 Å². The largest absolute Gasteiger partial charge is 0.444 e. The number of imide groups is 1. The highest BCUT2D eigenvalue weighted by Gasteiger charge is 2.47. The number of amides is 4. The van der Waals surface area contributed by atoms with E-state index in [0.717, 1.165) is 43.1 Å². The predicted molar refractivity (Wildman–Crippen MR) is 182 cm³/mol. The van der Waals surface area contributed by atoms with Crippen LogP contribution in [-0.4, -0.2) is 92.6 Å². The Kier molecular flexibility index (Phi) is 13.0. The second-order valence-corrected chi connectivity index (χ2v) is 14.2. The summed E-state index contributed by atoms with van der Waals surface area (Å²) in [6.07, 6.45) is 0.356. The van der Waals surface area contributed by atoms with E-state index in [-0.39, 0.29) is 18.0 Å². The minimum atomic E-state index is -0.831. The molecule has 2 heterocycles. The van der Waals surface area contributed by atoms with E-state index in [0.29, 0.717) is 13.0 Å². The second-order valence-electron chi connectivity index (χ2n) is 14.2. The van der Waals surface area contributed by atoms with E-state index in [1.54, 1.807) is 34.6 Å². The Labute approximate surface area is 281 Å². The average Bonchev–Trinajstić information content (AvgIpc) is 3.00. The van der Waals surface area contributed by atoms with Crippen molar-refractivity contribution in [2.24, 2.45) is 0 Å². The van der Waals surface area contributed by atoms with E-state index >= 15 is 0 Å². The van der Waals surface area contributed by atoms with Gasteiger partial charge in [0.05, 0.1) is 0 Å². The Morgan fingerprint density at radius 3 is 1.72 bits per heavy atom. The van der Waals surface area contributed by atoms with E-state index in [2.05, 4.69) is 36.1 Å². The first-order valence-electron chi connectivity index (χ1n) is 16.7. The number of hydrogen-bond donors (Lipinski definition) is 0. The third kappa shape index (κ3) is 10.8. The fraction of sp³-hybridized carbons (Fsp3) is 0.568. The van der Waals surface area contributed by atoms with Crippen molar-refractivity contribution in [1.29, 1.82) is 0 Å². The highest BCUT2D eigenvalue weighted by atomic mass is 16.6. The molecule has 2 aliphatic heterocycles. The van der Waals surface area contributed by atoms with Gasteiger partial charge in [-0.3, -0.25) is 14.5 Å². The number of ether oxygens (including phenoxy) is 2. The zero-order valence-electron chi connectivity index (χ0n) is 29.7. The van der Waals surface area contributed by atoms with Crippen LogP contribution in [-0.2, 0) is 32.2 Å². The Hall–Kier alpha value is -3.92. The molecule has 0 bridgehead atoms. The van der Waals surface area contributed by atoms with E-state index < -0.39 is 35.3 Å². The normalized spacial score (nSPS) is 20.8. The highest BCUT2D eigenvalue weighted by molar-refractivity contribution is 6.04. The third-order valence-corrected chi connectivity index (χ3v) is 8.03. The molecule has 3 atom stereocenters. The molecule has 2 aromatic carbocycles. The van der Waals surface area contributed by atoms with Crippen molar-refractivity contribution in [3.05, 3.63) is 71.8 Å². The van der Waals surface area contributed by atoms with Crippen LogP contribution in [0.1, 0.15) is 86.3 Å². The fourth-order valence-corrected chi connectivity index (χ4v) is 5.68. The molecule has 47 heavy (non-hydrogen) atoms. The Morgan fingerprint density at radius 2 is 1.23 bits per heavy atom. The zero-order chi connectivity index (χ0) is 34.9. The SMILES string of the molecule is CC[C@H]1C(=O)N(Cc2ccccc2)[C@H](C)C(=O)N1C(=O)OC(C)(C)C.CC[C@H]1CN(Cc2ccccc2)CCN1C(=O)OC(C)(C)C. The standard InChI is InChI=1S/C19H26N2O4.C18H28N2O2/c1-6-15-17(23)20(12-14-10-8-7-9-11-14)13(2)16(22)21(15)18(24)25-19(3,4)5;1-5-16-14-19(13-15-9-7-6-8-10-15)11-12-20(16)17(21)22-18(2,3)4/h7-11,13,15H,6,12H2,1-5H3;6-10,16H,5,11-14H2,1-4H3/t13-,15+;16-/m10/s1.